The molecular weight excluding hydrogens is 212 g/mol. The Kier molecular flexibility index (Phi) is 3.52. The second-order valence-corrected chi connectivity index (χ2v) is 5.35. The van der Waals surface area contributed by atoms with Crippen molar-refractivity contribution < 1.29 is 9.85 Å². The summed E-state index contributed by atoms with van der Waals surface area (Å²) in [5, 5.41) is 9.91. The van der Waals surface area contributed by atoms with E-state index in [1.807, 2.05) is 7.05 Å². The third kappa shape index (κ3) is 2.86. The van der Waals surface area contributed by atoms with Crippen LogP contribution in [-0.4, -0.2) is 48.0 Å². The molecule has 0 aromatic heterocycles. The van der Waals surface area contributed by atoms with Crippen LogP contribution in [0.25, 0.3) is 0 Å². The molecule has 1 atom stereocenters. The molecule has 3 nitrogen and oxygen atoms in total. The molecule has 0 saturated carbocycles. The minimum Gasteiger partial charge on any atom is -0.285 e. The number of hydrogen-bond donors (Lipinski definition) is 1. The number of likely N-dealkylation sites (N-methyl/N-ethyl adjacent to an activating group) is 1. The van der Waals surface area contributed by atoms with E-state index in [-0.39, 0.29) is 4.65 Å². The summed E-state index contributed by atoms with van der Waals surface area (Å²) >= 11 is 0. The van der Waals surface area contributed by atoms with Gasteiger partial charge in [0.1, 0.15) is 13.1 Å². The number of hydroxylamine groups is 3. The van der Waals surface area contributed by atoms with Crippen LogP contribution in [-0.2, 0) is 0 Å². The summed E-state index contributed by atoms with van der Waals surface area (Å²) in [6.45, 7) is 7.98. The van der Waals surface area contributed by atoms with Crippen LogP contribution in [0.4, 0.5) is 0 Å². The van der Waals surface area contributed by atoms with Gasteiger partial charge in [-0.2, -0.15) is 4.65 Å². The fourth-order valence-electron chi connectivity index (χ4n) is 2.55. The van der Waals surface area contributed by atoms with Crippen molar-refractivity contribution in [2.45, 2.75) is 19.9 Å². The van der Waals surface area contributed by atoms with Gasteiger partial charge in [-0.3, -0.25) is 4.90 Å². The van der Waals surface area contributed by atoms with Crippen LogP contribution in [0.2, 0.25) is 0 Å². The topological polar surface area (TPSA) is 23.5 Å². The molecule has 3 heteroatoms. The van der Waals surface area contributed by atoms with E-state index in [9.17, 15) is 5.21 Å². The summed E-state index contributed by atoms with van der Waals surface area (Å²) in [7, 11) is 1.88. The molecule has 1 aliphatic rings. The molecule has 1 unspecified atom stereocenters. The molecule has 1 aromatic carbocycles. The lowest BCUT2D eigenvalue weighted by atomic mass is 10.0. The summed E-state index contributed by atoms with van der Waals surface area (Å²) in [5.74, 6) is 0. The van der Waals surface area contributed by atoms with Crippen molar-refractivity contribution in [3.63, 3.8) is 0 Å². The molecule has 0 aliphatic carbocycles. The van der Waals surface area contributed by atoms with E-state index < -0.39 is 0 Å². The SMILES string of the molecule is Cc1ccccc1C(C)N1CC[N+](C)(O)CC1. The lowest BCUT2D eigenvalue weighted by molar-refractivity contribution is -1.09. The van der Waals surface area contributed by atoms with Crippen LogP contribution >= 0.6 is 0 Å². The summed E-state index contributed by atoms with van der Waals surface area (Å²) in [6, 6.07) is 9.01. The number of rotatable bonds is 2. The molecule has 1 saturated heterocycles. The van der Waals surface area contributed by atoms with Crippen molar-refractivity contribution in [2.75, 3.05) is 33.2 Å². The maximum atomic E-state index is 9.91. The summed E-state index contributed by atoms with van der Waals surface area (Å²) < 4.78 is 0.164. The van der Waals surface area contributed by atoms with Gasteiger partial charge in [-0.25, -0.2) is 5.21 Å². The minimum absolute atomic E-state index is 0.164. The normalized spacial score (nSPS) is 22.4. The third-order valence-corrected chi connectivity index (χ3v) is 3.92. The Balaban J connectivity index is 2.07. The molecule has 0 amide bonds. The van der Waals surface area contributed by atoms with Crippen LogP contribution in [0.3, 0.4) is 0 Å². The maximum absolute atomic E-state index is 9.91. The summed E-state index contributed by atoms with van der Waals surface area (Å²) in [6.07, 6.45) is 0. The smallest absolute Gasteiger partial charge is 0.121 e. The van der Waals surface area contributed by atoms with Gasteiger partial charge < -0.3 is 0 Å². The Hall–Kier alpha value is -0.900. The average molecular weight is 235 g/mol. The molecule has 1 N–H and O–H groups in total. The van der Waals surface area contributed by atoms with E-state index in [1.165, 1.54) is 11.1 Å². The minimum atomic E-state index is 0.164. The molecule has 17 heavy (non-hydrogen) atoms. The molecular formula is C14H23N2O+. The number of nitrogens with zero attached hydrogens (tertiary/aromatic N) is 2. The standard InChI is InChI=1S/C14H23N2O/c1-12-6-4-5-7-14(12)13(2)15-8-10-16(3,17)11-9-15/h4-7,13,17H,8-11H2,1-3H3/q+1. The van der Waals surface area contributed by atoms with Crippen molar-refractivity contribution in [3.8, 4) is 0 Å². The predicted molar refractivity (Wildman–Crippen MR) is 68.9 cm³/mol. The highest BCUT2D eigenvalue weighted by Gasteiger charge is 2.30. The lowest BCUT2D eigenvalue weighted by Gasteiger charge is -2.39. The van der Waals surface area contributed by atoms with Gasteiger partial charge in [0.2, 0.25) is 0 Å². The molecule has 1 heterocycles. The van der Waals surface area contributed by atoms with E-state index in [0.29, 0.717) is 6.04 Å². The van der Waals surface area contributed by atoms with Gasteiger partial charge >= 0.3 is 0 Å². The molecule has 0 spiro atoms. The number of aryl methyl sites for hydroxylation is 1. The van der Waals surface area contributed by atoms with Gasteiger partial charge in [-0.15, -0.1) is 0 Å². The van der Waals surface area contributed by atoms with Crippen LogP contribution in [0, 0.1) is 6.92 Å². The number of piperazine rings is 1. The monoisotopic (exact) mass is 235 g/mol. The highest BCUT2D eigenvalue weighted by Crippen LogP contribution is 2.24. The Labute approximate surface area is 104 Å². The quantitative estimate of drug-likeness (QED) is 0.794. The highest BCUT2D eigenvalue weighted by molar-refractivity contribution is 5.28. The van der Waals surface area contributed by atoms with E-state index in [2.05, 4.69) is 43.0 Å². The first-order chi connectivity index (χ1) is 7.99. The van der Waals surface area contributed by atoms with E-state index in [4.69, 9.17) is 0 Å². The zero-order chi connectivity index (χ0) is 12.5. The number of hydrogen-bond acceptors (Lipinski definition) is 2. The Morgan fingerprint density at radius 2 is 1.82 bits per heavy atom. The number of benzene rings is 1. The van der Waals surface area contributed by atoms with Gasteiger partial charge in [-0.1, -0.05) is 24.3 Å². The van der Waals surface area contributed by atoms with Crippen LogP contribution in [0.1, 0.15) is 24.1 Å². The molecule has 0 radical (unpaired) electrons. The van der Waals surface area contributed by atoms with E-state index in [0.717, 1.165) is 26.2 Å². The van der Waals surface area contributed by atoms with Crippen molar-refractivity contribution >= 4 is 0 Å². The van der Waals surface area contributed by atoms with E-state index >= 15 is 0 Å². The molecule has 0 bridgehead atoms. The van der Waals surface area contributed by atoms with Crippen LogP contribution in [0.15, 0.2) is 24.3 Å². The fraction of sp³-hybridized carbons (Fsp3) is 0.571. The highest BCUT2D eigenvalue weighted by atomic mass is 16.5. The van der Waals surface area contributed by atoms with Gasteiger partial charge in [0.05, 0.1) is 20.1 Å². The van der Waals surface area contributed by atoms with E-state index in [1.54, 1.807) is 0 Å². The maximum Gasteiger partial charge on any atom is 0.121 e. The molecule has 1 aliphatic heterocycles. The first kappa shape index (κ1) is 12.6. The van der Waals surface area contributed by atoms with Crippen molar-refractivity contribution in [2.24, 2.45) is 0 Å². The Bertz CT molecular complexity index is 380. The first-order valence-electron chi connectivity index (χ1n) is 6.36. The summed E-state index contributed by atoms with van der Waals surface area (Å²) in [5.41, 5.74) is 2.76. The largest absolute Gasteiger partial charge is 0.285 e. The van der Waals surface area contributed by atoms with Crippen molar-refractivity contribution in [3.05, 3.63) is 35.4 Å². The predicted octanol–water partition coefficient (Wildman–Crippen LogP) is 2.21. The van der Waals surface area contributed by atoms with Gasteiger partial charge in [0.25, 0.3) is 0 Å². The summed E-state index contributed by atoms with van der Waals surface area (Å²) in [4.78, 5) is 2.46. The zero-order valence-corrected chi connectivity index (χ0v) is 11.1. The van der Waals surface area contributed by atoms with Gasteiger partial charge in [-0.05, 0) is 25.0 Å². The second-order valence-electron chi connectivity index (χ2n) is 5.35. The Morgan fingerprint density at radius 3 is 2.41 bits per heavy atom. The Morgan fingerprint density at radius 1 is 1.24 bits per heavy atom. The lowest BCUT2D eigenvalue weighted by Crippen LogP contribution is -2.55. The molecule has 94 valence electrons. The van der Waals surface area contributed by atoms with Gasteiger partial charge in [0.15, 0.2) is 0 Å². The third-order valence-electron chi connectivity index (χ3n) is 3.92. The molecule has 1 fully saturated rings. The average Bonchev–Trinajstić information content (AvgIpc) is 2.29. The van der Waals surface area contributed by atoms with Crippen LogP contribution in [0.5, 0.6) is 0 Å². The zero-order valence-electron chi connectivity index (χ0n) is 11.1. The van der Waals surface area contributed by atoms with Crippen LogP contribution < -0.4 is 0 Å². The first-order valence-corrected chi connectivity index (χ1v) is 6.36. The van der Waals surface area contributed by atoms with Crippen molar-refractivity contribution in [1.29, 1.82) is 0 Å². The molecule has 2 rings (SSSR count). The fourth-order valence-corrected chi connectivity index (χ4v) is 2.55. The van der Waals surface area contributed by atoms with Gasteiger partial charge in [0, 0.05) is 6.04 Å². The molecule has 1 aromatic rings. The second kappa shape index (κ2) is 4.77. The number of quaternary nitrogens is 1. The van der Waals surface area contributed by atoms with Crippen molar-refractivity contribution in [1.82, 2.24) is 4.90 Å².